The summed E-state index contributed by atoms with van der Waals surface area (Å²) in [5, 5.41) is 2.80. The number of amides is 1. The molecular formula is C19H23NO4. The predicted molar refractivity (Wildman–Crippen MR) is 92.2 cm³/mol. The minimum Gasteiger partial charge on any atom is -0.493 e. The third-order valence-electron chi connectivity index (χ3n) is 3.40. The van der Waals surface area contributed by atoms with E-state index in [1.165, 1.54) is 0 Å². The molecule has 24 heavy (non-hydrogen) atoms. The zero-order chi connectivity index (χ0) is 17.2. The molecule has 0 spiro atoms. The Morgan fingerprint density at radius 3 is 2.42 bits per heavy atom. The van der Waals surface area contributed by atoms with Crippen LogP contribution in [0, 0.1) is 0 Å². The van der Waals surface area contributed by atoms with E-state index in [-0.39, 0.29) is 5.91 Å². The van der Waals surface area contributed by atoms with Gasteiger partial charge >= 0.3 is 0 Å². The first-order valence-corrected chi connectivity index (χ1v) is 7.89. The van der Waals surface area contributed by atoms with E-state index >= 15 is 0 Å². The topological polar surface area (TPSA) is 56.8 Å². The molecule has 0 fully saturated rings. The number of hydrogen-bond acceptors (Lipinski definition) is 4. The largest absolute Gasteiger partial charge is 0.493 e. The minimum atomic E-state index is -0.615. The minimum absolute atomic E-state index is 0.191. The van der Waals surface area contributed by atoms with Crippen molar-refractivity contribution in [3.05, 3.63) is 60.2 Å². The van der Waals surface area contributed by atoms with E-state index < -0.39 is 6.10 Å². The van der Waals surface area contributed by atoms with Crippen LogP contribution >= 0.6 is 0 Å². The highest BCUT2D eigenvalue weighted by molar-refractivity contribution is 5.80. The van der Waals surface area contributed by atoms with Crippen LogP contribution in [-0.2, 0) is 16.1 Å². The van der Waals surface area contributed by atoms with Crippen molar-refractivity contribution in [1.29, 1.82) is 0 Å². The van der Waals surface area contributed by atoms with Crippen LogP contribution in [0.5, 0.6) is 11.5 Å². The molecule has 2 rings (SSSR count). The second-order valence-electron chi connectivity index (χ2n) is 5.24. The van der Waals surface area contributed by atoms with E-state index in [2.05, 4.69) is 5.32 Å². The summed E-state index contributed by atoms with van der Waals surface area (Å²) in [7, 11) is 1.57. The van der Waals surface area contributed by atoms with Crippen molar-refractivity contribution in [2.45, 2.75) is 19.6 Å². The SMILES string of the molecule is COc1ccccc1O[C@@H](C)C(=O)NCCOCc1ccccc1. The fourth-order valence-electron chi connectivity index (χ4n) is 2.11. The van der Waals surface area contributed by atoms with Gasteiger partial charge < -0.3 is 19.5 Å². The average molecular weight is 329 g/mol. The normalized spacial score (nSPS) is 11.6. The maximum Gasteiger partial charge on any atom is 0.260 e. The van der Waals surface area contributed by atoms with Gasteiger partial charge in [0.2, 0.25) is 0 Å². The fraction of sp³-hybridized carbons (Fsp3) is 0.316. The van der Waals surface area contributed by atoms with Gasteiger partial charge in [-0.15, -0.1) is 0 Å². The maximum absolute atomic E-state index is 12.0. The van der Waals surface area contributed by atoms with Crippen LogP contribution < -0.4 is 14.8 Å². The van der Waals surface area contributed by atoms with E-state index in [0.29, 0.717) is 31.3 Å². The van der Waals surface area contributed by atoms with Gasteiger partial charge in [0.1, 0.15) is 0 Å². The zero-order valence-electron chi connectivity index (χ0n) is 14.0. The number of para-hydroxylation sites is 2. The third kappa shape index (κ3) is 5.59. The second-order valence-corrected chi connectivity index (χ2v) is 5.24. The van der Waals surface area contributed by atoms with Crippen LogP contribution in [0.4, 0.5) is 0 Å². The van der Waals surface area contributed by atoms with Gasteiger partial charge in [-0.05, 0) is 24.6 Å². The van der Waals surface area contributed by atoms with Crippen molar-refractivity contribution in [2.24, 2.45) is 0 Å². The summed E-state index contributed by atoms with van der Waals surface area (Å²) in [6.45, 7) is 3.11. The quantitative estimate of drug-likeness (QED) is 0.719. The first-order valence-electron chi connectivity index (χ1n) is 7.89. The van der Waals surface area contributed by atoms with Gasteiger partial charge in [0.05, 0.1) is 20.3 Å². The van der Waals surface area contributed by atoms with Gasteiger partial charge in [-0.25, -0.2) is 0 Å². The standard InChI is InChI=1S/C19H23NO4/c1-15(24-18-11-7-6-10-17(18)22-2)19(21)20-12-13-23-14-16-8-4-3-5-9-16/h3-11,15H,12-14H2,1-2H3,(H,20,21)/t15-/m0/s1. The van der Waals surface area contributed by atoms with Crippen LogP contribution in [0.3, 0.4) is 0 Å². The summed E-state index contributed by atoms with van der Waals surface area (Å²) in [6.07, 6.45) is -0.615. The van der Waals surface area contributed by atoms with Crippen LogP contribution in [0.2, 0.25) is 0 Å². The lowest BCUT2D eigenvalue weighted by molar-refractivity contribution is -0.127. The molecule has 128 valence electrons. The summed E-state index contributed by atoms with van der Waals surface area (Å²) in [5.41, 5.74) is 1.11. The molecule has 0 unspecified atom stereocenters. The van der Waals surface area contributed by atoms with Crippen LogP contribution in [-0.4, -0.2) is 32.3 Å². The van der Waals surface area contributed by atoms with Gasteiger partial charge in [-0.2, -0.15) is 0 Å². The molecule has 5 heteroatoms. The molecule has 2 aromatic carbocycles. The number of benzene rings is 2. The van der Waals surface area contributed by atoms with E-state index in [1.54, 1.807) is 26.2 Å². The van der Waals surface area contributed by atoms with Crippen LogP contribution in [0.15, 0.2) is 54.6 Å². The third-order valence-corrected chi connectivity index (χ3v) is 3.40. The monoisotopic (exact) mass is 329 g/mol. The molecule has 5 nitrogen and oxygen atoms in total. The van der Waals surface area contributed by atoms with E-state index in [1.807, 2.05) is 42.5 Å². The number of ether oxygens (including phenoxy) is 3. The number of carbonyl (C=O) groups excluding carboxylic acids is 1. The summed E-state index contributed by atoms with van der Waals surface area (Å²) in [6, 6.07) is 17.1. The molecule has 0 heterocycles. The Morgan fingerprint density at radius 2 is 1.71 bits per heavy atom. The Bertz CT molecular complexity index is 630. The first kappa shape index (κ1) is 17.8. The highest BCUT2D eigenvalue weighted by atomic mass is 16.5. The smallest absolute Gasteiger partial charge is 0.260 e. The molecule has 0 aliphatic rings. The van der Waals surface area contributed by atoms with Crippen molar-refractivity contribution >= 4 is 5.91 Å². The van der Waals surface area contributed by atoms with Crippen LogP contribution in [0.1, 0.15) is 12.5 Å². The van der Waals surface area contributed by atoms with Gasteiger partial charge in [0.15, 0.2) is 17.6 Å². The van der Waals surface area contributed by atoms with Crippen molar-refractivity contribution in [3.8, 4) is 11.5 Å². The fourth-order valence-corrected chi connectivity index (χ4v) is 2.11. The Hall–Kier alpha value is -2.53. The van der Waals surface area contributed by atoms with Crippen molar-refractivity contribution < 1.29 is 19.0 Å². The summed E-state index contributed by atoms with van der Waals surface area (Å²) < 4.78 is 16.4. The van der Waals surface area contributed by atoms with Crippen molar-refractivity contribution in [1.82, 2.24) is 5.32 Å². The Kier molecular flexibility index (Phi) is 7.11. The molecule has 0 aliphatic heterocycles. The van der Waals surface area contributed by atoms with Gasteiger partial charge in [-0.3, -0.25) is 4.79 Å². The molecule has 1 atom stereocenters. The van der Waals surface area contributed by atoms with Crippen molar-refractivity contribution in [2.75, 3.05) is 20.3 Å². The van der Waals surface area contributed by atoms with Gasteiger partial charge in [0.25, 0.3) is 5.91 Å². The van der Waals surface area contributed by atoms with Crippen LogP contribution in [0.25, 0.3) is 0 Å². The molecule has 1 amide bonds. The molecule has 1 N–H and O–H groups in total. The van der Waals surface area contributed by atoms with Gasteiger partial charge in [-0.1, -0.05) is 42.5 Å². The average Bonchev–Trinajstić information content (AvgIpc) is 2.62. The lowest BCUT2D eigenvalue weighted by Gasteiger charge is -2.16. The van der Waals surface area contributed by atoms with Crippen molar-refractivity contribution in [3.63, 3.8) is 0 Å². The van der Waals surface area contributed by atoms with E-state index in [9.17, 15) is 4.79 Å². The number of methoxy groups -OCH3 is 1. The van der Waals surface area contributed by atoms with Gasteiger partial charge in [0, 0.05) is 6.54 Å². The lowest BCUT2D eigenvalue weighted by Crippen LogP contribution is -2.38. The highest BCUT2D eigenvalue weighted by Crippen LogP contribution is 2.26. The molecule has 0 saturated carbocycles. The number of hydrogen-bond donors (Lipinski definition) is 1. The molecule has 0 aromatic heterocycles. The predicted octanol–water partition coefficient (Wildman–Crippen LogP) is 2.80. The molecule has 0 radical (unpaired) electrons. The molecular weight excluding hydrogens is 306 g/mol. The summed E-state index contributed by atoms with van der Waals surface area (Å²) >= 11 is 0. The molecule has 0 aliphatic carbocycles. The summed E-state index contributed by atoms with van der Waals surface area (Å²) in [4.78, 5) is 12.0. The first-order chi connectivity index (χ1) is 11.7. The maximum atomic E-state index is 12.0. The number of nitrogens with one attached hydrogen (secondary N) is 1. The Balaban J connectivity index is 1.68. The number of carbonyl (C=O) groups is 1. The zero-order valence-corrected chi connectivity index (χ0v) is 14.0. The Labute approximate surface area is 142 Å². The molecule has 0 saturated heterocycles. The van der Waals surface area contributed by atoms with E-state index in [0.717, 1.165) is 5.56 Å². The highest BCUT2D eigenvalue weighted by Gasteiger charge is 2.15. The second kappa shape index (κ2) is 9.57. The number of rotatable bonds is 9. The van der Waals surface area contributed by atoms with E-state index in [4.69, 9.17) is 14.2 Å². The summed E-state index contributed by atoms with van der Waals surface area (Å²) in [5.74, 6) is 0.954. The molecule has 2 aromatic rings. The molecule has 0 bridgehead atoms. The lowest BCUT2D eigenvalue weighted by atomic mass is 10.2. The Morgan fingerprint density at radius 1 is 1.04 bits per heavy atom.